The zero-order valence-electron chi connectivity index (χ0n) is 19.9. The van der Waals surface area contributed by atoms with E-state index in [9.17, 15) is 13.2 Å². The fourth-order valence-corrected chi connectivity index (χ4v) is 5.81. The van der Waals surface area contributed by atoms with Gasteiger partial charge in [0.15, 0.2) is 0 Å². The van der Waals surface area contributed by atoms with Gasteiger partial charge in [-0.25, -0.2) is 8.42 Å². The molecule has 1 aliphatic heterocycles. The predicted octanol–water partition coefficient (Wildman–Crippen LogP) is 5.44. The Morgan fingerprint density at radius 3 is 2.28 bits per heavy atom. The van der Waals surface area contributed by atoms with E-state index in [1.807, 2.05) is 18.2 Å². The van der Waals surface area contributed by atoms with Gasteiger partial charge in [0.1, 0.15) is 0 Å². The van der Waals surface area contributed by atoms with Gasteiger partial charge in [0.25, 0.3) is 5.91 Å². The van der Waals surface area contributed by atoms with Gasteiger partial charge in [0.05, 0.1) is 28.5 Å². The van der Waals surface area contributed by atoms with Crippen molar-refractivity contribution >= 4 is 44.8 Å². The molecule has 0 spiro atoms. The summed E-state index contributed by atoms with van der Waals surface area (Å²) >= 11 is 12.4. The van der Waals surface area contributed by atoms with Crippen LogP contribution in [0.5, 0.6) is 0 Å². The van der Waals surface area contributed by atoms with E-state index in [2.05, 4.69) is 17.4 Å². The van der Waals surface area contributed by atoms with Crippen molar-refractivity contribution in [2.24, 2.45) is 0 Å². The molecule has 6 nitrogen and oxygen atoms in total. The van der Waals surface area contributed by atoms with Crippen LogP contribution < -0.4 is 9.62 Å². The molecular weight excluding hydrogens is 519 g/mol. The molecule has 9 heteroatoms. The second-order valence-electron chi connectivity index (χ2n) is 8.98. The number of hydrogen-bond donors (Lipinski definition) is 1. The van der Waals surface area contributed by atoms with E-state index in [4.69, 9.17) is 27.9 Å². The molecule has 0 aromatic heterocycles. The van der Waals surface area contributed by atoms with Gasteiger partial charge in [0.2, 0.25) is 10.0 Å². The molecule has 1 fully saturated rings. The van der Waals surface area contributed by atoms with Gasteiger partial charge in [0, 0.05) is 30.7 Å². The largest absolute Gasteiger partial charge is 0.381 e. The summed E-state index contributed by atoms with van der Waals surface area (Å²) in [7, 11) is -3.64. The van der Waals surface area contributed by atoms with Crippen LogP contribution in [0.1, 0.15) is 34.3 Å². The Bertz CT molecular complexity index is 1310. The topological polar surface area (TPSA) is 75.7 Å². The number of nitrogens with zero attached hydrogens (tertiary/aromatic N) is 1. The van der Waals surface area contributed by atoms with E-state index < -0.39 is 10.0 Å². The molecule has 0 saturated carbocycles. The Hall–Kier alpha value is -2.58. The molecule has 1 N–H and O–H groups in total. The van der Waals surface area contributed by atoms with Gasteiger partial charge >= 0.3 is 0 Å². The highest BCUT2D eigenvalue weighted by Gasteiger charge is 2.34. The van der Waals surface area contributed by atoms with Crippen LogP contribution in [0, 0.1) is 0 Å². The minimum atomic E-state index is -3.64. The first-order chi connectivity index (χ1) is 17.2. The Balaban J connectivity index is 1.47. The summed E-state index contributed by atoms with van der Waals surface area (Å²) in [5, 5.41) is 3.54. The van der Waals surface area contributed by atoms with Crippen LogP contribution in [0.3, 0.4) is 0 Å². The number of benzene rings is 3. The molecule has 0 bridgehead atoms. The quantitative estimate of drug-likeness (QED) is 0.408. The number of carbonyl (C=O) groups excluding carboxylic acids is 1. The van der Waals surface area contributed by atoms with Crippen LogP contribution in [-0.4, -0.2) is 40.3 Å². The molecule has 1 amide bonds. The average molecular weight is 548 g/mol. The molecule has 0 unspecified atom stereocenters. The lowest BCUT2D eigenvalue weighted by Crippen LogP contribution is -2.44. The number of anilines is 1. The Labute approximate surface area is 222 Å². The van der Waals surface area contributed by atoms with Crippen molar-refractivity contribution in [2.45, 2.75) is 24.8 Å². The number of nitrogens with one attached hydrogen (secondary N) is 1. The van der Waals surface area contributed by atoms with Crippen molar-refractivity contribution in [2.75, 3.05) is 30.3 Å². The van der Waals surface area contributed by atoms with Crippen LogP contribution in [0.15, 0.2) is 72.8 Å². The van der Waals surface area contributed by atoms with Crippen LogP contribution in [0.2, 0.25) is 10.0 Å². The minimum absolute atomic E-state index is 0.0535. The number of hydrogen-bond acceptors (Lipinski definition) is 4. The van der Waals surface area contributed by atoms with Crippen LogP contribution in [0.4, 0.5) is 5.69 Å². The first kappa shape index (κ1) is 26.5. The van der Waals surface area contributed by atoms with Crippen molar-refractivity contribution in [1.29, 1.82) is 0 Å². The third kappa shape index (κ3) is 6.03. The number of sulfonamides is 1. The molecule has 1 aliphatic rings. The van der Waals surface area contributed by atoms with Gasteiger partial charge in [-0.2, -0.15) is 0 Å². The zero-order valence-corrected chi connectivity index (χ0v) is 22.2. The second-order valence-corrected chi connectivity index (χ2v) is 11.7. The van der Waals surface area contributed by atoms with E-state index >= 15 is 0 Å². The van der Waals surface area contributed by atoms with E-state index in [0.29, 0.717) is 36.6 Å². The summed E-state index contributed by atoms with van der Waals surface area (Å²) in [6.07, 6.45) is 2.79. The highest BCUT2D eigenvalue weighted by Crippen LogP contribution is 2.35. The number of carbonyl (C=O) groups is 1. The Kier molecular flexibility index (Phi) is 8.25. The summed E-state index contributed by atoms with van der Waals surface area (Å²) in [6.45, 7) is 1.88. The molecular formula is C27H28Cl2N2O4S. The Morgan fingerprint density at radius 1 is 0.972 bits per heavy atom. The van der Waals surface area contributed by atoms with Gasteiger partial charge in [-0.05, 0) is 48.2 Å². The Morgan fingerprint density at radius 2 is 1.64 bits per heavy atom. The lowest BCUT2D eigenvalue weighted by molar-refractivity contribution is 0.0487. The zero-order chi connectivity index (χ0) is 25.8. The standard InChI is InChI=1S/C27H28Cl2N2O4S/c1-36(33,34)31(24-9-5-8-23(28)25(24)29)18-20-10-12-21(13-11-20)26(32)30-19-27(14-16-35-17-15-27)22-6-3-2-4-7-22/h2-13H,14-19H2,1H3,(H,30,32). The summed E-state index contributed by atoms with van der Waals surface area (Å²) in [5.41, 5.74) is 2.54. The molecule has 1 heterocycles. The van der Waals surface area contributed by atoms with Crippen LogP contribution >= 0.6 is 23.2 Å². The molecule has 3 aromatic rings. The number of halogens is 2. The second kappa shape index (κ2) is 11.2. The highest BCUT2D eigenvalue weighted by molar-refractivity contribution is 7.92. The molecule has 3 aromatic carbocycles. The van der Waals surface area contributed by atoms with Gasteiger partial charge in [-0.3, -0.25) is 9.10 Å². The third-order valence-corrected chi connectivity index (χ3v) is 8.50. The first-order valence-electron chi connectivity index (χ1n) is 11.6. The summed E-state index contributed by atoms with van der Waals surface area (Å²) in [4.78, 5) is 13.0. The first-order valence-corrected chi connectivity index (χ1v) is 14.2. The number of ether oxygens (including phenoxy) is 1. The molecule has 0 atom stereocenters. The van der Waals surface area contributed by atoms with E-state index in [1.165, 1.54) is 9.87 Å². The van der Waals surface area contributed by atoms with Crippen LogP contribution in [0.25, 0.3) is 0 Å². The molecule has 1 saturated heterocycles. The summed E-state index contributed by atoms with van der Waals surface area (Å²) in [6, 6.07) is 22.0. The lowest BCUT2D eigenvalue weighted by atomic mass is 9.74. The smallest absolute Gasteiger partial charge is 0.251 e. The maximum absolute atomic E-state index is 13.0. The SMILES string of the molecule is CS(=O)(=O)N(Cc1ccc(C(=O)NCC2(c3ccccc3)CCOCC2)cc1)c1cccc(Cl)c1Cl. The fourth-order valence-electron chi connectivity index (χ4n) is 4.47. The molecule has 0 radical (unpaired) electrons. The fraction of sp³-hybridized carbons (Fsp3) is 0.296. The van der Waals surface area contributed by atoms with Crippen molar-refractivity contribution in [3.63, 3.8) is 0 Å². The van der Waals surface area contributed by atoms with Crippen molar-refractivity contribution in [1.82, 2.24) is 5.32 Å². The summed E-state index contributed by atoms with van der Waals surface area (Å²) in [5.74, 6) is -0.179. The van der Waals surface area contributed by atoms with Gasteiger partial charge < -0.3 is 10.1 Å². The van der Waals surface area contributed by atoms with Crippen molar-refractivity contribution in [3.8, 4) is 0 Å². The van der Waals surface area contributed by atoms with E-state index in [1.54, 1.807) is 42.5 Å². The number of amides is 1. The maximum Gasteiger partial charge on any atom is 0.251 e. The lowest BCUT2D eigenvalue weighted by Gasteiger charge is -2.38. The average Bonchev–Trinajstić information content (AvgIpc) is 2.88. The van der Waals surface area contributed by atoms with Crippen LogP contribution in [-0.2, 0) is 26.7 Å². The van der Waals surface area contributed by atoms with Gasteiger partial charge in [-0.1, -0.05) is 71.7 Å². The normalized spacial score (nSPS) is 15.3. The van der Waals surface area contributed by atoms with E-state index in [0.717, 1.165) is 19.1 Å². The summed E-state index contributed by atoms with van der Waals surface area (Å²) < 4.78 is 31.8. The van der Waals surface area contributed by atoms with Crippen molar-refractivity contribution < 1.29 is 17.9 Å². The third-order valence-electron chi connectivity index (χ3n) is 6.57. The molecule has 190 valence electrons. The molecule has 36 heavy (non-hydrogen) atoms. The maximum atomic E-state index is 13.0. The highest BCUT2D eigenvalue weighted by atomic mass is 35.5. The molecule has 4 rings (SSSR count). The molecule has 0 aliphatic carbocycles. The predicted molar refractivity (Wildman–Crippen MR) is 144 cm³/mol. The number of rotatable bonds is 8. The van der Waals surface area contributed by atoms with Crippen molar-refractivity contribution in [3.05, 3.63) is 99.5 Å². The monoisotopic (exact) mass is 546 g/mol. The minimum Gasteiger partial charge on any atom is -0.381 e. The van der Waals surface area contributed by atoms with E-state index in [-0.39, 0.29) is 27.9 Å². The van der Waals surface area contributed by atoms with Gasteiger partial charge in [-0.15, -0.1) is 0 Å².